The minimum Gasteiger partial charge on any atom is -0.487 e. The SMILES string of the molecule is CCc1nc(COc2cccc3c2CCC3O)cs1. The Morgan fingerprint density at radius 2 is 2.37 bits per heavy atom. The Kier molecular flexibility index (Phi) is 3.53. The zero-order chi connectivity index (χ0) is 13.2. The van der Waals surface area contributed by atoms with Gasteiger partial charge in [0.1, 0.15) is 12.4 Å². The molecule has 100 valence electrons. The van der Waals surface area contributed by atoms with Crippen molar-refractivity contribution in [3.05, 3.63) is 45.4 Å². The standard InChI is InChI=1S/C15H17NO2S/c1-2-15-16-10(9-19-15)8-18-14-5-3-4-11-12(14)6-7-13(11)17/h3-5,9,13,17H,2,6-8H2,1H3. The number of rotatable bonds is 4. The second kappa shape index (κ2) is 5.31. The fourth-order valence-electron chi connectivity index (χ4n) is 2.46. The molecule has 0 bridgehead atoms. The first-order valence-corrected chi connectivity index (χ1v) is 7.52. The number of aliphatic hydroxyl groups excluding tert-OH is 1. The Balaban J connectivity index is 1.74. The molecule has 2 aromatic rings. The number of aromatic nitrogens is 1. The van der Waals surface area contributed by atoms with E-state index in [1.807, 2.05) is 18.2 Å². The van der Waals surface area contributed by atoms with Crippen molar-refractivity contribution < 1.29 is 9.84 Å². The number of thiazole rings is 1. The Hall–Kier alpha value is -1.39. The Morgan fingerprint density at radius 1 is 1.47 bits per heavy atom. The van der Waals surface area contributed by atoms with Crippen molar-refractivity contribution in [2.24, 2.45) is 0 Å². The lowest BCUT2D eigenvalue weighted by Crippen LogP contribution is -1.99. The molecule has 0 fully saturated rings. The molecule has 3 nitrogen and oxygen atoms in total. The van der Waals surface area contributed by atoms with Crippen LogP contribution in [0.5, 0.6) is 5.75 Å². The summed E-state index contributed by atoms with van der Waals surface area (Å²) >= 11 is 1.68. The van der Waals surface area contributed by atoms with Gasteiger partial charge in [-0.3, -0.25) is 0 Å². The average Bonchev–Trinajstić information content (AvgIpc) is 3.04. The normalized spacial score (nSPS) is 17.5. The topological polar surface area (TPSA) is 42.4 Å². The van der Waals surface area contributed by atoms with Crippen LogP contribution in [0.15, 0.2) is 23.6 Å². The molecule has 1 aromatic heterocycles. The highest BCUT2D eigenvalue weighted by molar-refractivity contribution is 7.09. The predicted molar refractivity (Wildman–Crippen MR) is 75.5 cm³/mol. The first kappa shape index (κ1) is 12.6. The molecule has 4 heteroatoms. The highest BCUT2D eigenvalue weighted by Crippen LogP contribution is 2.36. The zero-order valence-electron chi connectivity index (χ0n) is 10.9. The van der Waals surface area contributed by atoms with Crippen LogP contribution >= 0.6 is 11.3 Å². The fourth-order valence-corrected chi connectivity index (χ4v) is 3.19. The van der Waals surface area contributed by atoms with Crippen LogP contribution in [0, 0.1) is 0 Å². The lowest BCUT2D eigenvalue weighted by molar-refractivity contribution is 0.180. The van der Waals surface area contributed by atoms with Gasteiger partial charge in [0.2, 0.25) is 0 Å². The summed E-state index contributed by atoms with van der Waals surface area (Å²) in [6, 6.07) is 5.91. The molecule has 1 aliphatic carbocycles. The largest absolute Gasteiger partial charge is 0.487 e. The molecule has 0 saturated heterocycles. The van der Waals surface area contributed by atoms with Gasteiger partial charge in [-0.05, 0) is 30.9 Å². The van der Waals surface area contributed by atoms with Crippen LogP contribution in [0.2, 0.25) is 0 Å². The lowest BCUT2D eigenvalue weighted by atomic mass is 10.1. The molecule has 0 amide bonds. The van der Waals surface area contributed by atoms with Gasteiger partial charge in [-0.1, -0.05) is 19.1 Å². The molecule has 3 rings (SSSR count). The van der Waals surface area contributed by atoms with E-state index in [9.17, 15) is 5.11 Å². The van der Waals surface area contributed by atoms with E-state index in [0.29, 0.717) is 6.61 Å². The molecule has 1 atom stereocenters. The molecule has 1 heterocycles. The van der Waals surface area contributed by atoms with E-state index in [1.54, 1.807) is 11.3 Å². The van der Waals surface area contributed by atoms with Crippen LogP contribution in [-0.2, 0) is 19.4 Å². The molecule has 1 aliphatic rings. The molecule has 0 spiro atoms. The van der Waals surface area contributed by atoms with Crippen molar-refractivity contribution in [2.75, 3.05) is 0 Å². The number of aliphatic hydroxyl groups is 1. The second-order valence-electron chi connectivity index (χ2n) is 4.75. The highest BCUT2D eigenvalue weighted by Gasteiger charge is 2.23. The van der Waals surface area contributed by atoms with Gasteiger partial charge in [0, 0.05) is 10.9 Å². The summed E-state index contributed by atoms with van der Waals surface area (Å²) in [5.74, 6) is 0.889. The van der Waals surface area contributed by atoms with Crippen molar-refractivity contribution in [3.8, 4) is 5.75 Å². The first-order chi connectivity index (χ1) is 9.28. The second-order valence-corrected chi connectivity index (χ2v) is 5.70. The van der Waals surface area contributed by atoms with E-state index in [-0.39, 0.29) is 6.10 Å². The summed E-state index contributed by atoms with van der Waals surface area (Å²) in [5.41, 5.74) is 3.16. The monoisotopic (exact) mass is 275 g/mol. The van der Waals surface area contributed by atoms with Crippen LogP contribution < -0.4 is 4.74 Å². The molecule has 0 aliphatic heterocycles. The maximum Gasteiger partial charge on any atom is 0.131 e. The van der Waals surface area contributed by atoms with Crippen molar-refractivity contribution in [2.45, 2.75) is 38.9 Å². The van der Waals surface area contributed by atoms with Gasteiger partial charge in [0.25, 0.3) is 0 Å². The molecule has 0 radical (unpaired) electrons. The van der Waals surface area contributed by atoms with E-state index in [2.05, 4.69) is 17.3 Å². The number of nitrogens with zero attached hydrogens (tertiary/aromatic N) is 1. The maximum absolute atomic E-state index is 9.86. The summed E-state index contributed by atoms with van der Waals surface area (Å²) < 4.78 is 5.87. The predicted octanol–water partition coefficient (Wildman–Crippen LogP) is 3.26. The minimum absolute atomic E-state index is 0.329. The van der Waals surface area contributed by atoms with Crippen molar-refractivity contribution in [1.82, 2.24) is 4.98 Å². The maximum atomic E-state index is 9.86. The van der Waals surface area contributed by atoms with Gasteiger partial charge in [-0.2, -0.15) is 0 Å². The van der Waals surface area contributed by atoms with Crippen LogP contribution in [0.4, 0.5) is 0 Å². The number of benzene rings is 1. The number of hydrogen-bond acceptors (Lipinski definition) is 4. The number of ether oxygens (including phenoxy) is 1. The Morgan fingerprint density at radius 3 is 3.16 bits per heavy atom. The van der Waals surface area contributed by atoms with E-state index in [4.69, 9.17) is 4.74 Å². The van der Waals surface area contributed by atoms with Crippen LogP contribution in [0.3, 0.4) is 0 Å². The molecule has 19 heavy (non-hydrogen) atoms. The van der Waals surface area contributed by atoms with Gasteiger partial charge in [-0.15, -0.1) is 11.3 Å². The Bertz CT molecular complexity index is 579. The van der Waals surface area contributed by atoms with Crippen LogP contribution in [0.1, 0.15) is 41.3 Å². The summed E-state index contributed by atoms with van der Waals surface area (Å²) in [5, 5.41) is 13.1. The van der Waals surface area contributed by atoms with Crippen LogP contribution in [0.25, 0.3) is 0 Å². The van der Waals surface area contributed by atoms with E-state index >= 15 is 0 Å². The van der Waals surface area contributed by atoms with Crippen molar-refractivity contribution in [3.63, 3.8) is 0 Å². The van der Waals surface area contributed by atoms with Gasteiger partial charge in [0.15, 0.2) is 0 Å². The first-order valence-electron chi connectivity index (χ1n) is 6.64. The Labute approximate surface area is 116 Å². The third-order valence-corrected chi connectivity index (χ3v) is 4.52. The van der Waals surface area contributed by atoms with Gasteiger partial charge in [-0.25, -0.2) is 4.98 Å². The molecular formula is C15H17NO2S. The van der Waals surface area contributed by atoms with Gasteiger partial charge >= 0.3 is 0 Å². The fraction of sp³-hybridized carbons (Fsp3) is 0.400. The molecule has 0 saturated carbocycles. The van der Waals surface area contributed by atoms with E-state index < -0.39 is 0 Å². The summed E-state index contributed by atoms with van der Waals surface area (Å²) in [6.07, 6.45) is 2.33. The summed E-state index contributed by atoms with van der Waals surface area (Å²) in [4.78, 5) is 4.50. The third kappa shape index (κ3) is 2.51. The third-order valence-electron chi connectivity index (χ3n) is 3.47. The van der Waals surface area contributed by atoms with Crippen LogP contribution in [-0.4, -0.2) is 10.1 Å². The summed E-state index contributed by atoms with van der Waals surface area (Å²) in [7, 11) is 0. The zero-order valence-corrected chi connectivity index (χ0v) is 11.7. The highest BCUT2D eigenvalue weighted by atomic mass is 32.1. The molecule has 1 unspecified atom stereocenters. The van der Waals surface area contributed by atoms with Gasteiger partial charge < -0.3 is 9.84 Å². The number of fused-ring (bicyclic) bond motifs is 1. The molecule has 1 aromatic carbocycles. The van der Waals surface area contributed by atoms with Gasteiger partial charge in [0.05, 0.1) is 16.8 Å². The lowest BCUT2D eigenvalue weighted by Gasteiger charge is -2.10. The number of hydrogen-bond donors (Lipinski definition) is 1. The van der Waals surface area contributed by atoms with E-state index in [0.717, 1.165) is 46.8 Å². The molecule has 1 N–H and O–H groups in total. The quantitative estimate of drug-likeness (QED) is 0.931. The molecular weight excluding hydrogens is 258 g/mol. The smallest absolute Gasteiger partial charge is 0.131 e. The summed E-state index contributed by atoms with van der Waals surface area (Å²) in [6.45, 7) is 2.61. The number of aryl methyl sites for hydroxylation is 1. The van der Waals surface area contributed by atoms with E-state index in [1.165, 1.54) is 0 Å². The van der Waals surface area contributed by atoms with Crippen molar-refractivity contribution >= 4 is 11.3 Å². The average molecular weight is 275 g/mol. The minimum atomic E-state index is -0.329. The van der Waals surface area contributed by atoms with Crippen molar-refractivity contribution in [1.29, 1.82) is 0 Å².